The van der Waals surface area contributed by atoms with Crippen molar-refractivity contribution in [1.82, 2.24) is 0 Å². The summed E-state index contributed by atoms with van der Waals surface area (Å²) in [5, 5.41) is 3.97. The summed E-state index contributed by atoms with van der Waals surface area (Å²) in [5.74, 6) is 0.818. The van der Waals surface area contributed by atoms with E-state index in [4.69, 9.17) is 21.8 Å². The first kappa shape index (κ1) is 12.5. The summed E-state index contributed by atoms with van der Waals surface area (Å²) in [6.07, 6.45) is 1.64. The standard InChI is InChI=1S/C12H12BrClN2O/c13-9-6-8(3-4-10(9)14)16-11(7-15)12-2-1-5-17-12/h1-6,11,16H,7,15H2. The fourth-order valence-electron chi connectivity index (χ4n) is 1.52. The molecule has 3 nitrogen and oxygen atoms in total. The molecule has 2 rings (SSSR count). The zero-order chi connectivity index (χ0) is 12.3. The predicted molar refractivity (Wildman–Crippen MR) is 73.3 cm³/mol. The average Bonchev–Trinajstić information content (AvgIpc) is 2.84. The molecule has 1 aromatic carbocycles. The number of halogens is 2. The molecule has 0 aliphatic carbocycles. The fraction of sp³-hybridized carbons (Fsp3) is 0.167. The van der Waals surface area contributed by atoms with Crippen LogP contribution in [0.5, 0.6) is 0 Å². The summed E-state index contributed by atoms with van der Waals surface area (Å²) in [6, 6.07) is 9.33. The second kappa shape index (κ2) is 5.58. The van der Waals surface area contributed by atoms with Crippen molar-refractivity contribution in [2.75, 3.05) is 11.9 Å². The second-order valence-electron chi connectivity index (χ2n) is 3.58. The van der Waals surface area contributed by atoms with Crippen molar-refractivity contribution in [3.63, 3.8) is 0 Å². The lowest BCUT2D eigenvalue weighted by molar-refractivity contribution is 0.482. The lowest BCUT2D eigenvalue weighted by Gasteiger charge is -2.16. The Kier molecular flexibility index (Phi) is 4.10. The molecule has 17 heavy (non-hydrogen) atoms. The van der Waals surface area contributed by atoms with Gasteiger partial charge in [-0.1, -0.05) is 11.6 Å². The third kappa shape index (κ3) is 3.03. The van der Waals surface area contributed by atoms with E-state index in [9.17, 15) is 0 Å². The zero-order valence-corrected chi connectivity index (χ0v) is 11.3. The third-order valence-corrected chi connectivity index (χ3v) is 3.60. The summed E-state index contributed by atoms with van der Waals surface area (Å²) < 4.78 is 6.18. The number of nitrogens with two attached hydrogens (primary N) is 1. The molecule has 3 N–H and O–H groups in total. The molecule has 5 heteroatoms. The van der Waals surface area contributed by atoms with E-state index in [-0.39, 0.29) is 6.04 Å². The molecular weight excluding hydrogens is 304 g/mol. The molecule has 0 spiro atoms. The van der Waals surface area contributed by atoms with Gasteiger partial charge in [0.05, 0.1) is 17.3 Å². The second-order valence-corrected chi connectivity index (χ2v) is 4.84. The Morgan fingerprint density at radius 2 is 2.24 bits per heavy atom. The molecule has 1 aromatic heterocycles. The van der Waals surface area contributed by atoms with Crippen LogP contribution < -0.4 is 11.1 Å². The van der Waals surface area contributed by atoms with E-state index < -0.39 is 0 Å². The number of anilines is 1. The van der Waals surface area contributed by atoms with E-state index in [1.165, 1.54) is 0 Å². The molecule has 0 saturated heterocycles. The maximum atomic E-state index is 5.93. The van der Waals surface area contributed by atoms with Gasteiger partial charge < -0.3 is 15.5 Å². The highest BCUT2D eigenvalue weighted by Crippen LogP contribution is 2.27. The van der Waals surface area contributed by atoms with Crippen molar-refractivity contribution in [1.29, 1.82) is 0 Å². The van der Waals surface area contributed by atoms with E-state index in [0.717, 1.165) is 15.9 Å². The largest absolute Gasteiger partial charge is 0.467 e. The van der Waals surface area contributed by atoms with Crippen LogP contribution in [0.2, 0.25) is 5.02 Å². The van der Waals surface area contributed by atoms with Crippen LogP contribution in [-0.4, -0.2) is 6.54 Å². The molecule has 0 amide bonds. The van der Waals surface area contributed by atoms with Crippen molar-refractivity contribution < 1.29 is 4.42 Å². The van der Waals surface area contributed by atoms with Crippen molar-refractivity contribution >= 4 is 33.2 Å². The highest BCUT2D eigenvalue weighted by molar-refractivity contribution is 9.10. The van der Waals surface area contributed by atoms with Crippen molar-refractivity contribution in [3.05, 3.63) is 51.9 Å². The minimum atomic E-state index is -0.0434. The number of rotatable bonds is 4. The van der Waals surface area contributed by atoms with E-state index >= 15 is 0 Å². The van der Waals surface area contributed by atoms with Gasteiger partial charge in [-0.05, 0) is 46.3 Å². The van der Waals surface area contributed by atoms with Crippen LogP contribution in [0.3, 0.4) is 0 Å². The molecule has 0 aliphatic heterocycles. The minimum Gasteiger partial charge on any atom is -0.467 e. The summed E-state index contributed by atoms with van der Waals surface area (Å²) in [5.41, 5.74) is 6.66. The van der Waals surface area contributed by atoms with Crippen molar-refractivity contribution in [3.8, 4) is 0 Å². The van der Waals surface area contributed by atoms with Crippen LogP contribution in [0.25, 0.3) is 0 Å². The van der Waals surface area contributed by atoms with Crippen LogP contribution in [0, 0.1) is 0 Å². The number of nitrogens with one attached hydrogen (secondary N) is 1. The Hall–Kier alpha value is -0.970. The van der Waals surface area contributed by atoms with E-state index in [0.29, 0.717) is 11.6 Å². The first-order chi connectivity index (χ1) is 8.20. The van der Waals surface area contributed by atoms with Crippen LogP contribution in [0.4, 0.5) is 5.69 Å². The number of benzene rings is 1. The topological polar surface area (TPSA) is 51.2 Å². The van der Waals surface area contributed by atoms with Gasteiger partial charge in [-0.3, -0.25) is 0 Å². The molecule has 0 aliphatic rings. The average molecular weight is 316 g/mol. The molecule has 0 saturated carbocycles. The quantitative estimate of drug-likeness (QED) is 0.902. The van der Waals surface area contributed by atoms with Gasteiger partial charge in [0.25, 0.3) is 0 Å². The first-order valence-corrected chi connectivity index (χ1v) is 6.33. The Morgan fingerprint density at radius 1 is 1.41 bits per heavy atom. The number of hydrogen-bond donors (Lipinski definition) is 2. The van der Waals surface area contributed by atoms with Gasteiger partial charge >= 0.3 is 0 Å². The highest BCUT2D eigenvalue weighted by Gasteiger charge is 2.12. The summed E-state index contributed by atoms with van der Waals surface area (Å²) in [4.78, 5) is 0. The Bertz CT molecular complexity index is 487. The maximum Gasteiger partial charge on any atom is 0.127 e. The van der Waals surface area contributed by atoms with Gasteiger partial charge in [-0.15, -0.1) is 0 Å². The lowest BCUT2D eigenvalue weighted by Crippen LogP contribution is -2.20. The summed E-state index contributed by atoms with van der Waals surface area (Å²) in [6.45, 7) is 0.452. The van der Waals surface area contributed by atoms with Gasteiger partial charge in [-0.2, -0.15) is 0 Å². The number of furan rings is 1. The molecule has 0 bridgehead atoms. The first-order valence-electron chi connectivity index (χ1n) is 5.16. The van der Waals surface area contributed by atoms with E-state index in [1.54, 1.807) is 6.26 Å². The number of hydrogen-bond acceptors (Lipinski definition) is 3. The van der Waals surface area contributed by atoms with Gasteiger partial charge in [-0.25, -0.2) is 0 Å². The SMILES string of the molecule is NCC(Nc1ccc(Cl)c(Br)c1)c1ccco1. The molecule has 0 fully saturated rings. The molecule has 90 valence electrons. The third-order valence-electron chi connectivity index (χ3n) is 2.38. The van der Waals surface area contributed by atoms with Gasteiger partial charge in [0.15, 0.2) is 0 Å². The van der Waals surface area contributed by atoms with Crippen molar-refractivity contribution in [2.45, 2.75) is 6.04 Å². The van der Waals surface area contributed by atoms with Gasteiger partial charge in [0.2, 0.25) is 0 Å². The van der Waals surface area contributed by atoms with Crippen LogP contribution in [0.1, 0.15) is 11.8 Å². The van der Waals surface area contributed by atoms with E-state index in [1.807, 2.05) is 30.3 Å². The van der Waals surface area contributed by atoms with Crippen LogP contribution in [0.15, 0.2) is 45.5 Å². The monoisotopic (exact) mass is 314 g/mol. The predicted octanol–water partition coefficient (Wildman–Crippen LogP) is 3.81. The summed E-state index contributed by atoms with van der Waals surface area (Å²) in [7, 11) is 0. The molecule has 1 heterocycles. The van der Waals surface area contributed by atoms with Gasteiger partial charge in [0, 0.05) is 16.7 Å². The Labute approximate surface area is 113 Å². The smallest absolute Gasteiger partial charge is 0.127 e. The Morgan fingerprint density at radius 3 is 2.82 bits per heavy atom. The molecule has 2 aromatic rings. The van der Waals surface area contributed by atoms with E-state index in [2.05, 4.69) is 21.2 Å². The lowest BCUT2D eigenvalue weighted by atomic mass is 10.2. The fourth-order valence-corrected chi connectivity index (χ4v) is 2.02. The maximum absolute atomic E-state index is 5.93. The molecule has 0 radical (unpaired) electrons. The Balaban J connectivity index is 2.16. The van der Waals surface area contributed by atoms with Crippen LogP contribution in [-0.2, 0) is 0 Å². The minimum absolute atomic E-state index is 0.0434. The van der Waals surface area contributed by atoms with Crippen molar-refractivity contribution in [2.24, 2.45) is 5.73 Å². The molecular formula is C12H12BrClN2O. The molecule has 1 atom stereocenters. The zero-order valence-electron chi connectivity index (χ0n) is 8.99. The highest BCUT2D eigenvalue weighted by atomic mass is 79.9. The van der Waals surface area contributed by atoms with Crippen LogP contribution >= 0.6 is 27.5 Å². The molecule has 1 unspecified atom stereocenters. The summed E-state index contributed by atoms with van der Waals surface area (Å²) >= 11 is 9.31. The normalized spacial score (nSPS) is 12.4. The van der Waals surface area contributed by atoms with Gasteiger partial charge in [0.1, 0.15) is 5.76 Å².